The molecule has 0 fully saturated rings. The molecule has 0 saturated carbocycles. The van der Waals surface area contributed by atoms with Gasteiger partial charge in [-0.3, -0.25) is 29.8 Å². The largest absolute Gasteiger partial charge is 0.422 e. The van der Waals surface area contributed by atoms with Crippen molar-refractivity contribution in [2.75, 3.05) is 5.32 Å². The second-order valence-corrected chi connectivity index (χ2v) is 8.27. The fourth-order valence-electron chi connectivity index (χ4n) is 3.43. The maximum atomic E-state index is 12.5. The minimum Gasteiger partial charge on any atom is -0.422 e. The summed E-state index contributed by atoms with van der Waals surface area (Å²) >= 11 is 0. The molecule has 2 amide bonds. The van der Waals surface area contributed by atoms with Gasteiger partial charge in [0.1, 0.15) is 5.75 Å². The Morgan fingerprint density at radius 3 is 1.78 bits per heavy atom. The zero-order valence-corrected chi connectivity index (χ0v) is 20.9. The average molecular weight is 553 g/mol. The predicted octanol–water partition coefficient (Wildman–Crippen LogP) is 4.74. The van der Waals surface area contributed by atoms with Crippen molar-refractivity contribution < 1.29 is 29.0 Å². The van der Waals surface area contributed by atoms with Gasteiger partial charge in [0.05, 0.1) is 21.6 Å². The third-order valence-electron chi connectivity index (χ3n) is 5.55. The molecule has 0 heterocycles. The van der Waals surface area contributed by atoms with Crippen molar-refractivity contribution in [1.29, 1.82) is 0 Å². The van der Waals surface area contributed by atoms with E-state index in [0.717, 1.165) is 0 Å². The molecule has 0 aliphatic heterocycles. The van der Waals surface area contributed by atoms with Crippen LogP contribution < -0.4 is 15.5 Å². The number of amides is 2. The van der Waals surface area contributed by atoms with E-state index in [1.54, 1.807) is 18.2 Å². The molecule has 0 atom stereocenters. The lowest BCUT2D eigenvalue weighted by atomic mass is 10.1. The van der Waals surface area contributed by atoms with E-state index >= 15 is 0 Å². The number of rotatable bonds is 9. The normalized spacial score (nSPS) is 10.5. The van der Waals surface area contributed by atoms with Crippen LogP contribution in [0.4, 0.5) is 17.1 Å². The maximum Gasteiger partial charge on any atom is 0.343 e. The number of carbonyl (C=O) groups excluding carboxylic acids is 3. The minimum atomic E-state index is -0.731. The first-order chi connectivity index (χ1) is 19.7. The number of non-ortho nitro benzene ring substituents is 2. The van der Waals surface area contributed by atoms with E-state index in [1.807, 2.05) is 0 Å². The molecular formula is C28H19N5O8. The Labute approximate surface area is 231 Å². The molecule has 0 aliphatic rings. The summed E-state index contributed by atoms with van der Waals surface area (Å²) in [6.45, 7) is 0. The lowest BCUT2D eigenvalue weighted by molar-refractivity contribution is -0.385. The van der Waals surface area contributed by atoms with Gasteiger partial charge in [-0.2, -0.15) is 5.10 Å². The molecule has 4 aromatic rings. The lowest BCUT2D eigenvalue weighted by Crippen LogP contribution is -2.18. The van der Waals surface area contributed by atoms with E-state index in [4.69, 9.17) is 4.74 Å². The van der Waals surface area contributed by atoms with Gasteiger partial charge in [-0.15, -0.1) is 0 Å². The number of nitro benzene ring substituents is 2. The first-order valence-corrected chi connectivity index (χ1v) is 11.8. The summed E-state index contributed by atoms with van der Waals surface area (Å²) in [5.41, 5.74) is 3.43. The summed E-state index contributed by atoms with van der Waals surface area (Å²) in [4.78, 5) is 57.8. The minimum absolute atomic E-state index is 0.114. The Morgan fingerprint density at radius 1 is 0.683 bits per heavy atom. The number of nitro groups is 2. The van der Waals surface area contributed by atoms with Crippen LogP contribution in [-0.4, -0.2) is 33.8 Å². The number of benzene rings is 4. The van der Waals surface area contributed by atoms with Crippen molar-refractivity contribution in [3.63, 3.8) is 0 Å². The predicted molar refractivity (Wildman–Crippen MR) is 147 cm³/mol. The molecule has 0 saturated heterocycles. The summed E-state index contributed by atoms with van der Waals surface area (Å²) in [6, 6.07) is 22.5. The number of anilines is 1. The summed E-state index contributed by atoms with van der Waals surface area (Å²) in [6.07, 6.45) is 1.29. The van der Waals surface area contributed by atoms with Gasteiger partial charge in [0, 0.05) is 46.6 Å². The topological polar surface area (TPSA) is 183 Å². The van der Waals surface area contributed by atoms with Crippen LogP contribution in [0.2, 0.25) is 0 Å². The van der Waals surface area contributed by atoms with Crippen molar-refractivity contribution in [1.82, 2.24) is 5.43 Å². The van der Waals surface area contributed by atoms with Crippen LogP contribution in [0.5, 0.6) is 5.75 Å². The zero-order chi connectivity index (χ0) is 29.4. The molecule has 0 unspecified atom stereocenters. The number of nitrogens with zero attached hydrogens (tertiary/aromatic N) is 3. The molecule has 0 spiro atoms. The third kappa shape index (κ3) is 7.20. The highest BCUT2D eigenvalue weighted by molar-refractivity contribution is 6.04. The monoisotopic (exact) mass is 553 g/mol. The molecular weight excluding hydrogens is 534 g/mol. The van der Waals surface area contributed by atoms with Crippen LogP contribution in [0.1, 0.15) is 36.6 Å². The molecule has 0 aliphatic carbocycles. The average Bonchev–Trinajstić information content (AvgIpc) is 2.98. The van der Waals surface area contributed by atoms with Crippen LogP contribution in [0.3, 0.4) is 0 Å². The van der Waals surface area contributed by atoms with Gasteiger partial charge in [0.2, 0.25) is 0 Å². The zero-order valence-electron chi connectivity index (χ0n) is 20.9. The van der Waals surface area contributed by atoms with Crippen LogP contribution in [0.15, 0.2) is 102 Å². The molecule has 4 rings (SSSR count). The van der Waals surface area contributed by atoms with Gasteiger partial charge in [-0.25, -0.2) is 10.2 Å². The highest BCUT2D eigenvalue weighted by Crippen LogP contribution is 2.19. The van der Waals surface area contributed by atoms with Gasteiger partial charge < -0.3 is 10.1 Å². The smallest absolute Gasteiger partial charge is 0.343 e. The van der Waals surface area contributed by atoms with E-state index in [9.17, 15) is 34.6 Å². The number of hydrazone groups is 1. The van der Waals surface area contributed by atoms with Crippen molar-refractivity contribution in [3.8, 4) is 5.75 Å². The number of para-hydroxylation sites is 1. The van der Waals surface area contributed by atoms with Crippen molar-refractivity contribution in [2.24, 2.45) is 5.10 Å². The Kier molecular flexibility index (Phi) is 8.50. The van der Waals surface area contributed by atoms with Crippen LogP contribution in [0, 0.1) is 20.2 Å². The Hall–Kier alpha value is -6.24. The van der Waals surface area contributed by atoms with Crippen molar-refractivity contribution in [3.05, 3.63) is 140 Å². The van der Waals surface area contributed by atoms with Crippen LogP contribution >= 0.6 is 0 Å². The van der Waals surface area contributed by atoms with Gasteiger partial charge in [0.15, 0.2) is 0 Å². The van der Waals surface area contributed by atoms with E-state index in [0.29, 0.717) is 11.3 Å². The molecule has 41 heavy (non-hydrogen) atoms. The molecule has 4 aromatic carbocycles. The van der Waals surface area contributed by atoms with Gasteiger partial charge in [-0.05, 0) is 60.7 Å². The fourth-order valence-corrected chi connectivity index (χ4v) is 3.43. The van der Waals surface area contributed by atoms with Crippen LogP contribution in [0.25, 0.3) is 0 Å². The molecule has 0 aromatic heterocycles. The van der Waals surface area contributed by atoms with Crippen molar-refractivity contribution in [2.45, 2.75) is 0 Å². The molecule has 2 N–H and O–H groups in total. The summed E-state index contributed by atoms with van der Waals surface area (Å²) in [7, 11) is 0. The number of nitrogens with one attached hydrogen (secondary N) is 2. The number of hydrogen-bond donors (Lipinski definition) is 2. The van der Waals surface area contributed by atoms with E-state index in [1.165, 1.54) is 85.1 Å². The first-order valence-electron chi connectivity index (χ1n) is 11.8. The van der Waals surface area contributed by atoms with Gasteiger partial charge in [-0.1, -0.05) is 12.1 Å². The van der Waals surface area contributed by atoms with Crippen molar-refractivity contribution >= 4 is 41.1 Å². The summed E-state index contributed by atoms with van der Waals surface area (Å²) in [5.74, 6) is -1.60. The number of hydrogen-bond acceptors (Lipinski definition) is 9. The highest BCUT2D eigenvalue weighted by atomic mass is 16.6. The number of esters is 1. The van der Waals surface area contributed by atoms with Gasteiger partial charge >= 0.3 is 5.97 Å². The Balaban J connectivity index is 1.34. The molecule has 0 bridgehead atoms. The summed E-state index contributed by atoms with van der Waals surface area (Å²) < 4.78 is 5.39. The fraction of sp³-hybridized carbons (Fsp3) is 0. The second kappa shape index (κ2) is 12.5. The quantitative estimate of drug-likeness (QED) is 0.0979. The SMILES string of the molecule is O=C(N/N=C\c1ccccc1OC(=O)c1ccc([N+](=O)[O-])cc1)c1ccc(NC(=O)c2ccc([N+](=O)[O-])cc2)cc1. The van der Waals surface area contributed by atoms with E-state index in [2.05, 4.69) is 15.8 Å². The Morgan fingerprint density at radius 2 is 1.20 bits per heavy atom. The second-order valence-electron chi connectivity index (χ2n) is 8.27. The number of carbonyl (C=O) groups is 3. The lowest BCUT2D eigenvalue weighted by Gasteiger charge is -2.08. The van der Waals surface area contributed by atoms with Gasteiger partial charge in [0.25, 0.3) is 23.2 Å². The molecule has 0 radical (unpaired) electrons. The molecule has 13 nitrogen and oxygen atoms in total. The summed E-state index contributed by atoms with van der Waals surface area (Å²) in [5, 5.41) is 28.1. The number of ether oxygens (including phenoxy) is 1. The molecule has 204 valence electrons. The van der Waals surface area contributed by atoms with Crippen LogP contribution in [-0.2, 0) is 0 Å². The maximum absolute atomic E-state index is 12.5. The van der Waals surface area contributed by atoms with E-state index < -0.39 is 27.6 Å². The third-order valence-corrected chi connectivity index (χ3v) is 5.55. The Bertz CT molecular complexity index is 1650. The molecule has 13 heteroatoms. The first kappa shape index (κ1) is 27.8. The van der Waals surface area contributed by atoms with E-state index in [-0.39, 0.29) is 33.8 Å². The standard InChI is InChI=1S/C28H19N5O8/c34-26(18-7-13-23(14-8-18)32(37)38)30-22-11-5-19(6-12-22)27(35)31-29-17-21-3-1-2-4-25(21)41-28(36)20-9-15-24(16-10-20)33(39)40/h1-17H,(H,30,34)(H,31,35)/b29-17-. The highest BCUT2D eigenvalue weighted by Gasteiger charge is 2.14.